The molecule has 2 aliphatic rings. The molecule has 4 rings (SSSR count). The summed E-state index contributed by atoms with van der Waals surface area (Å²) in [6.07, 6.45) is 0. The molecule has 2 aromatic carbocycles. The lowest BCUT2D eigenvalue weighted by Crippen LogP contribution is -2.48. The first kappa shape index (κ1) is 19.8. The molecule has 1 unspecified atom stereocenters. The molecule has 0 N–H and O–H groups in total. The highest BCUT2D eigenvalue weighted by Crippen LogP contribution is 2.32. The van der Waals surface area contributed by atoms with Crippen LogP contribution in [0, 0.1) is 5.82 Å². The molecule has 0 radical (unpaired) electrons. The van der Waals surface area contributed by atoms with Crippen LogP contribution in [-0.2, 0) is 9.53 Å². The molecule has 0 spiro atoms. The van der Waals surface area contributed by atoms with Gasteiger partial charge in [-0.1, -0.05) is 6.07 Å². The zero-order valence-corrected chi connectivity index (χ0v) is 17.6. The molecule has 29 heavy (non-hydrogen) atoms. The molecule has 1 atom stereocenters. The van der Waals surface area contributed by atoms with Gasteiger partial charge in [-0.3, -0.25) is 9.69 Å². The Morgan fingerprint density at radius 1 is 1.10 bits per heavy atom. The number of nitrogens with zero attached hydrogens (tertiary/aromatic N) is 3. The van der Waals surface area contributed by atoms with Crippen LogP contribution in [0.2, 0.25) is 0 Å². The number of benzene rings is 2. The maximum atomic E-state index is 13.7. The molecule has 1 amide bonds. The molecule has 2 heterocycles. The van der Waals surface area contributed by atoms with Crippen molar-refractivity contribution >= 4 is 40.3 Å². The Kier molecular flexibility index (Phi) is 5.04. The lowest BCUT2D eigenvalue weighted by molar-refractivity contribution is -0.117. The highest BCUT2D eigenvalue weighted by Gasteiger charge is 2.41. The number of carbonyl (C=O) groups excluding carboxylic acids is 1. The lowest BCUT2D eigenvalue weighted by atomic mass is 10.1. The van der Waals surface area contributed by atoms with Gasteiger partial charge in [0.2, 0.25) is 0 Å². The van der Waals surface area contributed by atoms with Gasteiger partial charge in [-0.25, -0.2) is 4.39 Å². The van der Waals surface area contributed by atoms with Crippen LogP contribution < -0.4 is 14.7 Å². The molecule has 2 aromatic rings. The second-order valence-electron chi connectivity index (χ2n) is 8.03. The Labute approximate surface area is 175 Å². The van der Waals surface area contributed by atoms with Crippen LogP contribution in [-0.4, -0.2) is 42.4 Å². The van der Waals surface area contributed by atoms with E-state index in [4.69, 9.17) is 17.0 Å². The fourth-order valence-electron chi connectivity index (χ4n) is 3.91. The highest BCUT2D eigenvalue weighted by atomic mass is 32.1. The van der Waals surface area contributed by atoms with Gasteiger partial charge >= 0.3 is 0 Å². The van der Waals surface area contributed by atoms with Crippen LogP contribution in [0.5, 0.6) is 0 Å². The van der Waals surface area contributed by atoms with E-state index in [0.717, 1.165) is 24.5 Å². The van der Waals surface area contributed by atoms with Gasteiger partial charge in [0.15, 0.2) is 5.11 Å². The zero-order valence-electron chi connectivity index (χ0n) is 16.8. The third kappa shape index (κ3) is 3.72. The molecular weight excluding hydrogens is 389 g/mol. The number of rotatable bonds is 3. The summed E-state index contributed by atoms with van der Waals surface area (Å²) in [5, 5.41) is 0.355. The van der Waals surface area contributed by atoms with Gasteiger partial charge in [0.1, 0.15) is 11.9 Å². The second-order valence-corrected chi connectivity index (χ2v) is 8.39. The van der Waals surface area contributed by atoms with Crippen molar-refractivity contribution in [2.24, 2.45) is 0 Å². The maximum absolute atomic E-state index is 13.7. The summed E-state index contributed by atoms with van der Waals surface area (Å²) in [4.78, 5) is 18.4. The molecule has 152 valence electrons. The molecule has 0 aliphatic carbocycles. The molecule has 0 aromatic heterocycles. The minimum Gasteiger partial charge on any atom is -0.372 e. The van der Waals surface area contributed by atoms with Crippen molar-refractivity contribution in [3.63, 3.8) is 0 Å². The Morgan fingerprint density at radius 2 is 1.79 bits per heavy atom. The number of hydrogen-bond acceptors (Lipinski definition) is 4. The molecule has 0 bridgehead atoms. The first-order valence-corrected chi connectivity index (χ1v) is 10.1. The van der Waals surface area contributed by atoms with Crippen LogP contribution in [0.4, 0.5) is 21.5 Å². The van der Waals surface area contributed by atoms with Crippen molar-refractivity contribution in [3.8, 4) is 0 Å². The third-order valence-electron chi connectivity index (χ3n) is 5.35. The molecule has 2 aliphatic heterocycles. The molecule has 7 heteroatoms. The van der Waals surface area contributed by atoms with Crippen molar-refractivity contribution in [1.29, 1.82) is 0 Å². The van der Waals surface area contributed by atoms with Gasteiger partial charge in [0.25, 0.3) is 5.91 Å². The Morgan fingerprint density at radius 3 is 2.45 bits per heavy atom. The van der Waals surface area contributed by atoms with Crippen molar-refractivity contribution < 1.29 is 13.9 Å². The number of morpholine rings is 1. The smallest absolute Gasteiger partial charge is 0.256 e. The maximum Gasteiger partial charge on any atom is 0.256 e. The van der Waals surface area contributed by atoms with E-state index in [1.54, 1.807) is 12.1 Å². The SMILES string of the molecule is CC1C(=O)N(c2cccc(F)c2)C(=S)N1c1ccc(N2CCOC(C)(C)C2)cc1. The lowest BCUT2D eigenvalue weighted by Gasteiger charge is -2.39. The Balaban J connectivity index is 1.58. The van der Waals surface area contributed by atoms with Gasteiger partial charge in [-0.15, -0.1) is 0 Å². The number of anilines is 3. The monoisotopic (exact) mass is 413 g/mol. The van der Waals surface area contributed by atoms with E-state index in [9.17, 15) is 9.18 Å². The van der Waals surface area contributed by atoms with Crippen molar-refractivity contribution in [3.05, 3.63) is 54.3 Å². The summed E-state index contributed by atoms with van der Waals surface area (Å²) in [6.45, 7) is 8.34. The number of carbonyl (C=O) groups is 1. The molecule has 5 nitrogen and oxygen atoms in total. The molecule has 2 fully saturated rings. The van der Waals surface area contributed by atoms with E-state index in [-0.39, 0.29) is 11.5 Å². The van der Waals surface area contributed by atoms with E-state index in [1.165, 1.54) is 17.0 Å². The number of amides is 1. The van der Waals surface area contributed by atoms with E-state index in [2.05, 4.69) is 18.7 Å². The van der Waals surface area contributed by atoms with E-state index >= 15 is 0 Å². The summed E-state index contributed by atoms with van der Waals surface area (Å²) in [6, 6.07) is 13.5. The van der Waals surface area contributed by atoms with Crippen molar-refractivity contribution in [2.45, 2.75) is 32.4 Å². The normalized spacial score (nSPS) is 21.8. The fourth-order valence-corrected chi connectivity index (χ4v) is 4.37. The predicted molar refractivity (Wildman–Crippen MR) is 117 cm³/mol. The number of halogens is 1. The summed E-state index contributed by atoms with van der Waals surface area (Å²) in [5.41, 5.74) is 2.21. The van der Waals surface area contributed by atoms with Crippen LogP contribution in [0.1, 0.15) is 20.8 Å². The summed E-state index contributed by atoms with van der Waals surface area (Å²) in [5.74, 6) is -0.568. The van der Waals surface area contributed by atoms with Crippen molar-refractivity contribution in [2.75, 3.05) is 34.4 Å². The predicted octanol–water partition coefficient (Wildman–Crippen LogP) is 3.97. The van der Waals surface area contributed by atoms with Gasteiger partial charge in [-0.05, 0) is 75.5 Å². The average molecular weight is 414 g/mol. The standard InChI is InChI=1S/C22H24FN3O2S/c1-15-20(27)26(19-6-4-5-16(23)13-19)21(29)25(15)18-9-7-17(8-10-18)24-11-12-28-22(2,3)14-24/h4-10,13,15H,11-12,14H2,1-3H3. The third-order valence-corrected chi connectivity index (χ3v) is 5.73. The van der Waals surface area contributed by atoms with Gasteiger partial charge < -0.3 is 14.5 Å². The number of thiocarbonyl (C=S) groups is 1. The first-order chi connectivity index (χ1) is 13.8. The van der Waals surface area contributed by atoms with E-state index in [0.29, 0.717) is 17.4 Å². The van der Waals surface area contributed by atoms with Gasteiger partial charge in [-0.2, -0.15) is 0 Å². The van der Waals surface area contributed by atoms with Crippen LogP contribution in [0.15, 0.2) is 48.5 Å². The van der Waals surface area contributed by atoms with Crippen LogP contribution >= 0.6 is 12.2 Å². The molecule has 0 saturated carbocycles. The van der Waals surface area contributed by atoms with Crippen LogP contribution in [0.25, 0.3) is 0 Å². The van der Waals surface area contributed by atoms with Crippen LogP contribution in [0.3, 0.4) is 0 Å². The van der Waals surface area contributed by atoms with Gasteiger partial charge in [0, 0.05) is 24.5 Å². The summed E-state index contributed by atoms with van der Waals surface area (Å²) < 4.78 is 19.4. The van der Waals surface area contributed by atoms with Crippen molar-refractivity contribution in [1.82, 2.24) is 0 Å². The Hall–Kier alpha value is -2.51. The molecule has 2 saturated heterocycles. The second kappa shape index (κ2) is 7.39. The van der Waals surface area contributed by atoms with E-state index in [1.807, 2.05) is 36.1 Å². The minimum atomic E-state index is -0.459. The number of hydrogen-bond donors (Lipinski definition) is 0. The summed E-state index contributed by atoms with van der Waals surface area (Å²) in [7, 11) is 0. The summed E-state index contributed by atoms with van der Waals surface area (Å²) >= 11 is 5.59. The largest absolute Gasteiger partial charge is 0.372 e. The molecular formula is C22H24FN3O2S. The topological polar surface area (TPSA) is 36.0 Å². The van der Waals surface area contributed by atoms with E-state index < -0.39 is 11.9 Å². The highest BCUT2D eigenvalue weighted by molar-refractivity contribution is 7.81. The quantitative estimate of drug-likeness (QED) is 0.712. The minimum absolute atomic E-state index is 0.167. The fraction of sp³-hybridized carbons (Fsp3) is 0.364. The zero-order chi connectivity index (χ0) is 20.8. The first-order valence-electron chi connectivity index (χ1n) is 9.68. The van der Waals surface area contributed by atoms with Gasteiger partial charge in [0.05, 0.1) is 17.9 Å². The number of ether oxygens (including phenoxy) is 1. The Bertz CT molecular complexity index is 947. The average Bonchev–Trinajstić information content (AvgIpc) is 2.90.